The zero-order valence-corrected chi connectivity index (χ0v) is 9.12. The van der Waals surface area contributed by atoms with E-state index in [-0.39, 0.29) is 18.2 Å². The smallest absolute Gasteiger partial charge is 0.326 e. The van der Waals surface area contributed by atoms with E-state index in [1.807, 2.05) is 6.92 Å². The molecule has 0 aliphatic carbocycles. The van der Waals surface area contributed by atoms with Crippen LogP contribution in [0, 0.1) is 18.3 Å². The van der Waals surface area contributed by atoms with Crippen molar-refractivity contribution in [3.63, 3.8) is 0 Å². The van der Waals surface area contributed by atoms with Crippen molar-refractivity contribution in [3.8, 4) is 12.3 Å². The summed E-state index contributed by atoms with van der Waals surface area (Å²) in [5.41, 5.74) is 0. The van der Waals surface area contributed by atoms with Crippen molar-refractivity contribution < 1.29 is 14.7 Å². The van der Waals surface area contributed by atoms with E-state index >= 15 is 0 Å². The fourth-order valence-electron chi connectivity index (χ4n) is 1.11. The van der Waals surface area contributed by atoms with Crippen molar-refractivity contribution in [3.05, 3.63) is 0 Å². The monoisotopic (exact) mass is 211 g/mol. The van der Waals surface area contributed by atoms with Crippen molar-refractivity contribution in [1.82, 2.24) is 5.32 Å². The maximum absolute atomic E-state index is 11.3. The highest BCUT2D eigenvalue weighted by molar-refractivity contribution is 5.83. The van der Waals surface area contributed by atoms with E-state index in [0.717, 1.165) is 0 Å². The second kappa shape index (κ2) is 6.88. The van der Waals surface area contributed by atoms with Gasteiger partial charge in [-0.3, -0.25) is 4.79 Å². The first-order valence-electron chi connectivity index (χ1n) is 4.98. The minimum atomic E-state index is -1.00. The molecule has 0 saturated carbocycles. The maximum atomic E-state index is 11.3. The molecule has 2 atom stereocenters. The van der Waals surface area contributed by atoms with Crippen molar-refractivity contribution in [2.75, 3.05) is 0 Å². The van der Waals surface area contributed by atoms with Gasteiger partial charge in [-0.05, 0) is 5.92 Å². The molecule has 0 rings (SSSR count). The second-order valence-corrected chi connectivity index (χ2v) is 3.47. The third-order valence-corrected chi connectivity index (χ3v) is 2.29. The Balaban J connectivity index is 4.24. The molecule has 84 valence electrons. The fraction of sp³-hybridized carbons (Fsp3) is 0.636. The summed E-state index contributed by atoms with van der Waals surface area (Å²) in [6, 6.07) is -0.819. The number of carboxylic acids is 1. The van der Waals surface area contributed by atoms with E-state index in [1.54, 1.807) is 6.92 Å². The molecule has 0 aromatic heterocycles. The minimum absolute atomic E-state index is 0.0858. The van der Waals surface area contributed by atoms with Gasteiger partial charge in [0.15, 0.2) is 0 Å². The Morgan fingerprint density at radius 3 is 2.53 bits per heavy atom. The molecule has 0 radical (unpaired) electrons. The van der Waals surface area contributed by atoms with Crippen molar-refractivity contribution in [2.24, 2.45) is 5.92 Å². The summed E-state index contributed by atoms with van der Waals surface area (Å²) in [4.78, 5) is 22.1. The fourth-order valence-corrected chi connectivity index (χ4v) is 1.11. The summed E-state index contributed by atoms with van der Waals surface area (Å²) in [7, 11) is 0. The van der Waals surface area contributed by atoms with Gasteiger partial charge < -0.3 is 10.4 Å². The van der Waals surface area contributed by atoms with Crippen LogP contribution < -0.4 is 5.32 Å². The lowest BCUT2D eigenvalue weighted by atomic mass is 9.99. The van der Waals surface area contributed by atoms with Crippen molar-refractivity contribution in [1.29, 1.82) is 0 Å². The lowest BCUT2D eigenvalue weighted by Crippen LogP contribution is -2.44. The average molecular weight is 211 g/mol. The molecule has 0 fully saturated rings. The maximum Gasteiger partial charge on any atom is 0.326 e. The Labute approximate surface area is 90.1 Å². The summed E-state index contributed by atoms with van der Waals surface area (Å²) < 4.78 is 0. The van der Waals surface area contributed by atoms with Gasteiger partial charge in [0.25, 0.3) is 0 Å². The van der Waals surface area contributed by atoms with Crippen LogP contribution in [0.5, 0.6) is 0 Å². The third-order valence-electron chi connectivity index (χ3n) is 2.29. The van der Waals surface area contributed by atoms with E-state index < -0.39 is 12.0 Å². The zero-order chi connectivity index (χ0) is 11.8. The predicted molar refractivity (Wildman–Crippen MR) is 57.1 cm³/mol. The van der Waals surface area contributed by atoms with E-state index in [9.17, 15) is 9.59 Å². The van der Waals surface area contributed by atoms with E-state index in [4.69, 9.17) is 11.5 Å². The van der Waals surface area contributed by atoms with E-state index in [0.29, 0.717) is 12.8 Å². The molecule has 4 heteroatoms. The standard InChI is InChI=1S/C11H17NO3/c1-4-6-7-9(13)12-10(11(14)15)8(3)5-2/h1,8,10H,5-7H2,2-3H3,(H,12,13)(H,14,15). The minimum Gasteiger partial charge on any atom is -0.480 e. The molecule has 0 aliphatic rings. The topological polar surface area (TPSA) is 66.4 Å². The summed E-state index contributed by atoms with van der Waals surface area (Å²) in [5.74, 6) is 0.944. The van der Waals surface area contributed by atoms with Crippen LogP contribution in [0.1, 0.15) is 33.1 Å². The van der Waals surface area contributed by atoms with E-state index in [2.05, 4.69) is 11.2 Å². The van der Waals surface area contributed by atoms with Gasteiger partial charge in [-0.2, -0.15) is 0 Å². The molecule has 15 heavy (non-hydrogen) atoms. The van der Waals surface area contributed by atoms with Crippen LogP contribution in [-0.2, 0) is 9.59 Å². The first kappa shape index (κ1) is 13.5. The lowest BCUT2D eigenvalue weighted by Gasteiger charge is -2.19. The number of carboxylic acid groups (broad SMARTS) is 1. The molecule has 0 heterocycles. The number of amides is 1. The molecule has 0 spiro atoms. The number of hydrogen-bond donors (Lipinski definition) is 2. The number of hydrogen-bond acceptors (Lipinski definition) is 2. The van der Waals surface area contributed by atoms with Gasteiger partial charge in [-0.25, -0.2) is 4.79 Å². The van der Waals surface area contributed by atoms with Gasteiger partial charge in [-0.1, -0.05) is 20.3 Å². The van der Waals surface area contributed by atoms with Crippen LogP contribution >= 0.6 is 0 Å². The highest BCUT2D eigenvalue weighted by Crippen LogP contribution is 2.08. The lowest BCUT2D eigenvalue weighted by molar-refractivity contribution is -0.143. The molecule has 0 aromatic rings. The van der Waals surface area contributed by atoms with Gasteiger partial charge in [0, 0.05) is 12.8 Å². The highest BCUT2D eigenvalue weighted by atomic mass is 16.4. The molecule has 4 nitrogen and oxygen atoms in total. The number of terminal acetylenes is 1. The highest BCUT2D eigenvalue weighted by Gasteiger charge is 2.24. The Kier molecular flexibility index (Phi) is 6.19. The number of carbonyl (C=O) groups is 2. The molecule has 0 bridgehead atoms. The molecule has 2 N–H and O–H groups in total. The third kappa shape index (κ3) is 5.06. The Morgan fingerprint density at radius 1 is 1.53 bits per heavy atom. The molecule has 2 unspecified atom stereocenters. The van der Waals surface area contributed by atoms with Crippen LogP contribution in [0.4, 0.5) is 0 Å². The van der Waals surface area contributed by atoms with Crippen molar-refractivity contribution in [2.45, 2.75) is 39.2 Å². The van der Waals surface area contributed by atoms with Gasteiger partial charge >= 0.3 is 5.97 Å². The number of carbonyl (C=O) groups excluding carboxylic acids is 1. The van der Waals surface area contributed by atoms with Gasteiger partial charge in [-0.15, -0.1) is 12.3 Å². The SMILES string of the molecule is C#CCCC(=O)NC(C(=O)O)C(C)CC. The molecule has 0 aliphatic heterocycles. The Bertz CT molecular complexity index is 267. The summed E-state index contributed by atoms with van der Waals surface area (Å²) >= 11 is 0. The van der Waals surface area contributed by atoms with Crippen LogP contribution in [-0.4, -0.2) is 23.0 Å². The quantitative estimate of drug-likeness (QED) is 0.644. The largest absolute Gasteiger partial charge is 0.480 e. The predicted octanol–water partition coefficient (Wildman–Crippen LogP) is 1.02. The van der Waals surface area contributed by atoms with Crippen LogP contribution in [0.2, 0.25) is 0 Å². The summed E-state index contributed by atoms with van der Waals surface area (Å²) in [5, 5.41) is 11.4. The zero-order valence-electron chi connectivity index (χ0n) is 9.12. The molecular weight excluding hydrogens is 194 g/mol. The van der Waals surface area contributed by atoms with Crippen molar-refractivity contribution >= 4 is 11.9 Å². The van der Waals surface area contributed by atoms with Gasteiger partial charge in [0.05, 0.1) is 0 Å². The van der Waals surface area contributed by atoms with Crippen LogP contribution in [0.3, 0.4) is 0 Å². The average Bonchev–Trinajstić information content (AvgIpc) is 2.21. The Hall–Kier alpha value is -1.50. The summed E-state index contributed by atoms with van der Waals surface area (Å²) in [6.45, 7) is 3.68. The normalized spacial score (nSPS) is 13.7. The van der Waals surface area contributed by atoms with E-state index in [1.165, 1.54) is 0 Å². The van der Waals surface area contributed by atoms with Crippen LogP contribution in [0.15, 0.2) is 0 Å². The molecule has 0 aromatic carbocycles. The number of rotatable bonds is 6. The Morgan fingerprint density at radius 2 is 2.13 bits per heavy atom. The molecular formula is C11H17NO3. The van der Waals surface area contributed by atoms with Gasteiger partial charge in [0.2, 0.25) is 5.91 Å². The first-order chi connectivity index (χ1) is 7.02. The number of nitrogens with one attached hydrogen (secondary N) is 1. The summed E-state index contributed by atoms with van der Waals surface area (Å²) in [6.07, 6.45) is 6.22. The molecule has 1 amide bonds. The second-order valence-electron chi connectivity index (χ2n) is 3.47. The van der Waals surface area contributed by atoms with Gasteiger partial charge in [0.1, 0.15) is 6.04 Å². The molecule has 0 saturated heterocycles. The first-order valence-corrected chi connectivity index (χ1v) is 4.98. The number of aliphatic carboxylic acids is 1. The van der Waals surface area contributed by atoms with Crippen LogP contribution in [0.25, 0.3) is 0 Å².